The maximum Gasteiger partial charge on any atom is 0.445 e. The highest BCUT2D eigenvalue weighted by Gasteiger charge is 2.45. The molecule has 0 radical (unpaired) electrons. The summed E-state index contributed by atoms with van der Waals surface area (Å²) in [5.74, 6) is -0.565. The molecule has 1 heterocycles. The van der Waals surface area contributed by atoms with Crippen molar-refractivity contribution in [3.8, 4) is 5.75 Å². The second kappa shape index (κ2) is 3.83. The van der Waals surface area contributed by atoms with Crippen molar-refractivity contribution in [3.05, 3.63) is 23.8 Å². The van der Waals surface area contributed by atoms with E-state index in [0.717, 1.165) is 0 Å². The fourth-order valence-corrected chi connectivity index (χ4v) is 1.44. The summed E-state index contributed by atoms with van der Waals surface area (Å²) in [5.41, 5.74) is 0.278. The number of nitrogens with one attached hydrogen (secondary N) is 1. The van der Waals surface area contributed by atoms with E-state index in [0.29, 0.717) is 0 Å². The molecule has 1 aromatic carbocycles. The maximum absolute atomic E-state index is 12.4. The monoisotopic (exact) mass is 247 g/mol. The quantitative estimate of drug-likeness (QED) is 0.772. The van der Waals surface area contributed by atoms with Gasteiger partial charge in [-0.15, -0.1) is 0 Å². The van der Waals surface area contributed by atoms with E-state index < -0.39 is 18.4 Å². The molecule has 0 saturated carbocycles. The lowest BCUT2D eigenvalue weighted by atomic mass is 10.2. The van der Waals surface area contributed by atoms with E-state index in [1.54, 1.807) is 0 Å². The van der Waals surface area contributed by atoms with Crippen molar-refractivity contribution in [2.75, 3.05) is 12.4 Å². The van der Waals surface area contributed by atoms with Crippen LogP contribution < -0.4 is 10.1 Å². The van der Waals surface area contributed by atoms with Crippen LogP contribution in [-0.4, -0.2) is 25.5 Å². The van der Waals surface area contributed by atoms with E-state index in [4.69, 9.17) is 0 Å². The third-order valence-electron chi connectivity index (χ3n) is 2.23. The van der Waals surface area contributed by atoms with Gasteiger partial charge in [0.25, 0.3) is 6.23 Å². The highest BCUT2D eigenvalue weighted by atomic mass is 19.4. The Balaban J connectivity index is 2.25. The van der Waals surface area contributed by atoms with Gasteiger partial charge in [-0.2, -0.15) is 13.2 Å². The molecule has 1 unspecified atom stereocenters. The number of hydrogen-bond acceptors (Lipinski definition) is 4. The molecule has 7 heteroatoms. The summed E-state index contributed by atoms with van der Waals surface area (Å²) >= 11 is 0. The van der Waals surface area contributed by atoms with Gasteiger partial charge in [-0.05, 0) is 18.2 Å². The number of fused-ring (bicyclic) bond motifs is 1. The zero-order chi connectivity index (χ0) is 12.6. The minimum absolute atomic E-state index is 0.0555. The summed E-state index contributed by atoms with van der Waals surface area (Å²) < 4.78 is 46.2. The smallest absolute Gasteiger partial charge is 0.445 e. The van der Waals surface area contributed by atoms with Gasteiger partial charge in [0, 0.05) is 0 Å². The van der Waals surface area contributed by atoms with E-state index in [2.05, 4.69) is 14.8 Å². The van der Waals surface area contributed by atoms with E-state index in [1.165, 1.54) is 25.3 Å². The molecular formula is C10H8F3NO3. The summed E-state index contributed by atoms with van der Waals surface area (Å²) in [6.07, 6.45) is -6.59. The average Bonchev–Trinajstić information content (AvgIpc) is 2.70. The van der Waals surface area contributed by atoms with Crippen LogP contribution in [0.2, 0.25) is 0 Å². The SMILES string of the molecule is COC(=O)c1ccc2c(c1)NC(C(F)(F)F)O2. The lowest BCUT2D eigenvalue weighted by Crippen LogP contribution is -2.37. The largest absolute Gasteiger partial charge is 0.465 e. The predicted molar refractivity (Wildman–Crippen MR) is 51.9 cm³/mol. The van der Waals surface area contributed by atoms with E-state index in [-0.39, 0.29) is 17.0 Å². The van der Waals surface area contributed by atoms with Gasteiger partial charge in [0.05, 0.1) is 18.4 Å². The number of rotatable bonds is 1. The minimum atomic E-state index is -4.51. The van der Waals surface area contributed by atoms with Gasteiger partial charge in [-0.1, -0.05) is 0 Å². The van der Waals surface area contributed by atoms with Crippen molar-refractivity contribution < 1.29 is 27.4 Å². The lowest BCUT2D eigenvalue weighted by molar-refractivity contribution is -0.182. The number of esters is 1. The number of halogens is 3. The highest BCUT2D eigenvalue weighted by Crippen LogP contribution is 2.37. The highest BCUT2D eigenvalue weighted by molar-refractivity contribution is 5.91. The zero-order valence-corrected chi connectivity index (χ0v) is 8.67. The molecule has 0 amide bonds. The molecule has 1 aromatic rings. The van der Waals surface area contributed by atoms with Crippen LogP contribution >= 0.6 is 0 Å². The van der Waals surface area contributed by atoms with Crippen LogP contribution in [-0.2, 0) is 4.74 Å². The van der Waals surface area contributed by atoms with Crippen molar-refractivity contribution in [2.24, 2.45) is 0 Å². The zero-order valence-electron chi connectivity index (χ0n) is 8.67. The number of carbonyl (C=O) groups excluding carboxylic acids is 1. The standard InChI is InChI=1S/C10H8F3NO3/c1-16-8(15)5-2-3-7-6(4-5)14-9(17-7)10(11,12)13/h2-4,9,14H,1H3. The lowest BCUT2D eigenvalue weighted by Gasteiger charge is -2.14. The Morgan fingerprint density at radius 1 is 1.47 bits per heavy atom. The number of carbonyl (C=O) groups is 1. The van der Waals surface area contributed by atoms with Crippen LogP contribution in [0.25, 0.3) is 0 Å². The van der Waals surface area contributed by atoms with Crippen LogP contribution in [0.3, 0.4) is 0 Å². The number of methoxy groups -OCH3 is 1. The van der Waals surface area contributed by atoms with Crippen molar-refractivity contribution in [3.63, 3.8) is 0 Å². The Labute approximate surface area is 94.3 Å². The molecule has 0 aromatic heterocycles. The number of ether oxygens (including phenoxy) is 2. The molecule has 0 spiro atoms. The van der Waals surface area contributed by atoms with Crippen molar-refractivity contribution in [2.45, 2.75) is 12.4 Å². The van der Waals surface area contributed by atoms with Gasteiger partial charge in [-0.25, -0.2) is 4.79 Å². The molecule has 4 nitrogen and oxygen atoms in total. The summed E-state index contributed by atoms with van der Waals surface area (Å²) in [5, 5.41) is 2.14. The molecule has 0 bridgehead atoms. The molecule has 1 aliphatic heterocycles. The number of hydrogen-bond donors (Lipinski definition) is 1. The Kier molecular flexibility index (Phi) is 2.60. The van der Waals surface area contributed by atoms with Gasteiger partial charge in [0.2, 0.25) is 0 Å². The fourth-order valence-electron chi connectivity index (χ4n) is 1.44. The molecule has 92 valence electrons. The van der Waals surface area contributed by atoms with Crippen LogP contribution in [0.15, 0.2) is 18.2 Å². The number of alkyl halides is 3. The second-order valence-corrected chi connectivity index (χ2v) is 3.39. The van der Waals surface area contributed by atoms with E-state index in [1.807, 2.05) is 0 Å². The van der Waals surface area contributed by atoms with Gasteiger partial charge in [0.1, 0.15) is 5.75 Å². The van der Waals surface area contributed by atoms with Gasteiger partial charge in [-0.3, -0.25) is 0 Å². The van der Waals surface area contributed by atoms with Crippen LogP contribution in [0.4, 0.5) is 18.9 Å². The normalized spacial score (nSPS) is 18.0. The van der Waals surface area contributed by atoms with E-state index in [9.17, 15) is 18.0 Å². The molecular weight excluding hydrogens is 239 g/mol. The summed E-state index contributed by atoms with van der Waals surface area (Å²) in [6, 6.07) is 3.89. The first kappa shape index (κ1) is 11.6. The molecule has 0 fully saturated rings. The Hall–Kier alpha value is -1.92. The molecule has 17 heavy (non-hydrogen) atoms. The first-order chi connectivity index (χ1) is 7.91. The fraction of sp³-hybridized carbons (Fsp3) is 0.300. The number of anilines is 1. The summed E-state index contributed by atoms with van der Waals surface area (Å²) in [6.45, 7) is 0. The maximum atomic E-state index is 12.4. The first-order valence-corrected chi connectivity index (χ1v) is 4.64. The average molecular weight is 247 g/mol. The first-order valence-electron chi connectivity index (χ1n) is 4.64. The van der Waals surface area contributed by atoms with Crippen LogP contribution in [0.1, 0.15) is 10.4 Å². The second-order valence-electron chi connectivity index (χ2n) is 3.39. The van der Waals surface area contributed by atoms with E-state index >= 15 is 0 Å². The Morgan fingerprint density at radius 3 is 2.76 bits per heavy atom. The molecule has 1 atom stereocenters. The third-order valence-corrected chi connectivity index (χ3v) is 2.23. The van der Waals surface area contributed by atoms with Crippen molar-refractivity contribution >= 4 is 11.7 Å². The molecule has 1 N–H and O–H groups in total. The Morgan fingerprint density at radius 2 is 2.18 bits per heavy atom. The number of benzene rings is 1. The topological polar surface area (TPSA) is 47.6 Å². The molecule has 0 saturated heterocycles. The molecule has 2 rings (SSSR count). The third kappa shape index (κ3) is 2.13. The Bertz CT molecular complexity index is 459. The molecule has 1 aliphatic rings. The van der Waals surface area contributed by atoms with Crippen molar-refractivity contribution in [1.82, 2.24) is 0 Å². The van der Waals surface area contributed by atoms with Crippen LogP contribution in [0, 0.1) is 0 Å². The van der Waals surface area contributed by atoms with Crippen molar-refractivity contribution in [1.29, 1.82) is 0 Å². The minimum Gasteiger partial charge on any atom is -0.465 e. The summed E-state index contributed by atoms with van der Waals surface area (Å²) in [7, 11) is 1.19. The summed E-state index contributed by atoms with van der Waals surface area (Å²) in [4.78, 5) is 11.2. The predicted octanol–water partition coefficient (Wildman–Crippen LogP) is 2.17. The van der Waals surface area contributed by atoms with Gasteiger partial charge < -0.3 is 14.8 Å². The van der Waals surface area contributed by atoms with Crippen LogP contribution in [0.5, 0.6) is 5.75 Å². The molecule has 0 aliphatic carbocycles. The van der Waals surface area contributed by atoms with Gasteiger partial charge >= 0.3 is 12.1 Å². The van der Waals surface area contributed by atoms with Gasteiger partial charge in [0.15, 0.2) is 0 Å².